The number of fused-ring (bicyclic) bond motifs is 5. The molecule has 0 saturated heterocycles. The van der Waals surface area contributed by atoms with Crippen molar-refractivity contribution in [2.45, 2.75) is 19.3 Å². The van der Waals surface area contributed by atoms with Crippen LogP contribution in [-0.2, 0) is 5.41 Å². The fourth-order valence-corrected chi connectivity index (χ4v) is 7.34. The molecule has 8 rings (SSSR count). The van der Waals surface area contributed by atoms with E-state index in [9.17, 15) is 15.8 Å². The van der Waals surface area contributed by atoms with Gasteiger partial charge in [-0.2, -0.15) is 15.8 Å². The van der Waals surface area contributed by atoms with E-state index in [4.69, 9.17) is 0 Å². The Morgan fingerprint density at radius 2 is 1.02 bits per heavy atom. The smallest absolute Gasteiger partial charge is 0.0999 e. The molecular formula is C42H27N5. The number of nitriles is 3. The van der Waals surface area contributed by atoms with Crippen LogP contribution in [0.15, 0.2) is 127 Å². The first-order chi connectivity index (χ1) is 22.9. The molecule has 0 spiro atoms. The first-order valence-corrected chi connectivity index (χ1v) is 15.5. The van der Waals surface area contributed by atoms with Crippen molar-refractivity contribution in [3.05, 3.63) is 155 Å². The van der Waals surface area contributed by atoms with Gasteiger partial charge in [0.15, 0.2) is 0 Å². The maximum atomic E-state index is 10.3. The maximum Gasteiger partial charge on any atom is 0.0999 e. The van der Waals surface area contributed by atoms with Gasteiger partial charge < -0.3 is 9.47 Å². The molecule has 5 heteroatoms. The van der Waals surface area contributed by atoms with Gasteiger partial charge in [0.25, 0.3) is 0 Å². The van der Waals surface area contributed by atoms with Gasteiger partial charge in [0.1, 0.15) is 0 Å². The van der Waals surface area contributed by atoms with Gasteiger partial charge >= 0.3 is 0 Å². The molecule has 0 unspecified atom stereocenters. The maximum absolute atomic E-state index is 10.3. The zero-order valence-corrected chi connectivity index (χ0v) is 25.9. The lowest BCUT2D eigenvalue weighted by molar-refractivity contribution is 0.632. The quantitative estimate of drug-likeness (QED) is 0.202. The summed E-state index contributed by atoms with van der Waals surface area (Å²) < 4.78 is 2.26. The van der Waals surface area contributed by atoms with Crippen molar-refractivity contribution in [2.24, 2.45) is 0 Å². The summed E-state index contributed by atoms with van der Waals surface area (Å²) in [5, 5.41) is 32.6. The minimum Gasteiger partial charge on any atom is -0.310 e. The Morgan fingerprint density at radius 3 is 1.55 bits per heavy atom. The lowest BCUT2D eigenvalue weighted by atomic mass is 9.73. The van der Waals surface area contributed by atoms with Crippen LogP contribution in [0.3, 0.4) is 0 Å². The predicted octanol–water partition coefficient (Wildman–Crippen LogP) is 10.2. The Kier molecular flexibility index (Phi) is 6.23. The molecule has 0 amide bonds. The highest BCUT2D eigenvalue weighted by molar-refractivity contribution is 6.09. The van der Waals surface area contributed by atoms with Crippen molar-refractivity contribution in [2.75, 3.05) is 4.90 Å². The van der Waals surface area contributed by atoms with Crippen LogP contribution in [0, 0.1) is 34.0 Å². The van der Waals surface area contributed by atoms with E-state index in [0.717, 1.165) is 50.1 Å². The van der Waals surface area contributed by atoms with E-state index in [1.165, 1.54) is 11.1 Å². The van der Waals surface area contributed by atoms with Crippen LogP contribution < -0.4 is 4.90 Å². The van der Waals surface area contributed by atoms with Gasteiger partial charge in [-0.05, 0) is 71.3 Å². The molecular weight excluding hydrogens is 574 g/mol. The van der Waals surface area contributed by atoms with Crippen molar-refractivity contribution in [1.29, 1.82) is 15.8 Å². The molecule has 47 heavy (non-hydrogen) atoms. The van der Waals surface area contributed by atoms with E-state index in [1.807, 2.05) is 12.1 Å². The monoisotopic (exact) mass is 601 g/mol. The Balaban J connectivity index is 1.51. The molecule has 0 aliphatic carbocycles. The average molecular weight is 602 g/mol. The molecule has 1 aliphatic rings. The zero-order chi connectivity index (χ0) is 32.3. The number of hydrogen-bond acceptors (Lipinski definition) is 4. The lowest BCUT2D eigenvalue weighted by Crippen LogP contribution is -2.30. The van der Waals surface area contributed by atoms with E-state index in [2.05, 4.69) is 145 Å². The van der Waals surface area contributed by atoms with Gasteiger partial charge in [-0.15, -0.1) is 0 Å². The van der Waals surface area contributed by atoms with Gasteiger partial charge in [0.05, 0.1) is 57.3 Å². The van der Waals surface area contributed by atoms with E-state index < -0.39 is 0 Å². The molecule has 0 N–H and O–H groups in total. The van der Waals surface area contributed by atoms with Crippen LogP contribution in [0.25, 0.3) is 38.6 Å². The molecule has 0 atom stereocenters. The molecule has 0 bridgehead atoms. The molecule has 0 fully saturated rings. The standard InChI is InChI=1S/C42H27N5/c1-42(2)35-13-5-9-17-39(35)47(40-18-10-6-14-36(40)42)32-22-28(41-29(25-44)19-27(24-43)20-30(41)26-45)21-31(23-32)46-37-15-7-3-11-33(37)34-12-4-8-16-38(34)46/h3-23H,1-2H3. The summed E-state index contributed by atoms with van der Waals surface area (Å²) in [4.78, 5) is 2.29. The summed E-state index contributed by atoms with van der Waals surface area (Å²) in [6.45, 7) is 4.52. The second-order valence-electron chi connectivity index (χ2n) is 12.4. The number of hydrogen-bond donors (Lipinski definition) is 0. The minimum absolute atomic E-state index is 0.230. The second kappa shape index (κ2) is 10.5. The first kappa shape index (κ1) is 27.9. The van der Waals surface area contributed by atoms with Crippen LogP contribution in [0.2, 0.25) is 0 Å². The molecule has 2 heterocycles. The Morgan fingerprint density at radius 1 is 0.532 bits per heavy atom. The Hall–Kier alpha value is -6.61. The number of anilines is 3. The third-order valence-corrected chi connectivity index (χ3v) is 9.43. The predicted molar refractivity (Wildman–Crippen MR) is 187 cm³/mol. The van der Waals surface area contributed by atoms with Gasteiger partial charge in [-0.25, -0.2) is 0 Å². The number of benzene rings is 6. The summed E-state index contributed by atoms with van der Waals surface area (Å²) >= 11 is 0. The molecule has 1 aliphatic heterocycles. The highest BCUT2D eigenvalue weighted by Gasteiger charge is 2.36. The molecule has 220 valence electrons. The third kappa shape index (κ3) is 4.14. The van der Waals surface area contributed by atoms with Gasteiger partial charge in [0.2, 0.25) is 0 Å². The van der Waals surface area contributed by atoms with Crippen molar-refractivity contribution in [3.63, 3.8) is 0 Å². The molecule has 0 saturated carbocycles. The number of para-hydroxylation sites is 4. The number of rotatable bonds is 3. The number of aromatic nitrogens is 1. The van der Waals surface area contributed by atoms with E-state index >= 15 is 0 Å². The first-order valence-electron chi connectivity index (χ1n) is 15.5. The highest BCUT2D eigenvalue weighted by Crippen LogP contribution is 2.52. The second-order valence-corrected chi connectivity index (χ2v) is 12.4. The van der Waals surface area contributed by atoms with Crippen LogP contribution in [0.1, 0.15) is 41.7 Å². The van der Waals surface area contributed by atoms with Crippen molar-refractivity contribution < 1.29 is 0 Å². The Labute approximate surface area is 273 Å². The SMILES string of the molecule is CC1(C)c2ccccc2N(c2cc(-c3c(C#N)cc(C#N)cc3C#N)cc(-n3c4ccccc4c4ccccc43)c2)c2ccccc21. The number of nitrogens with zero attached hydrogens (tertiary/aromatic N) is 5. The minimum atomic E-state index is -0.230. The molecule has 5 nitrogen and oxygen atoms in total. The molecule has 6 aromatic carbocycles. The van der Waals surface area contributed by atoms with Crippen molar-refractivity contribution >= 4 is 38.9 Å². The summed E-state index contributed by atoms with van der Waals surface area (Å²) in [6.07, 6.45) is 0. The van der Waals surface area contributed by atoms with E-state index in [1.54, 1.807) is 12.1 Å². The molecule has 1 aromatic heterocycles. The summed E-state index contributed by atoms with van der Waals surface area (Å²) in [5.41, 5.74) is 10.3. The van der Waals surface area contributed by atoms with Crippen LogP contribution in [-0.4, -0.2) is 4.57 Å². The summed E-state index contributed by atoms with van der Waals surface area (Å²) in [7, 11) is 0. The lowest BCUT2D eigenvalue weighted by Gasteiger charge is -2.42. The van der Waals surface area contributed by atoms with E-state index in [-0.39, 0.29) is 22.1 Å². The van der Waals surface area contributed by atoms with Crippen molar-refractivity contribution in [1.82, 2.24) is 4.57 Å². The normalized spacial score (nSPS) is 13.0. The van der Waals surface area contributed by atoms with Crippen LogP contribution in [0.5, 0.6) is 0 Å². The van der Waals surface area contributed by atoms with E-state index in [0.29, 0.717) is 5.56 Å². The molecule has 0 radical (unpaired) electrons. The average Bonchev–Trinajstić information content (AvgIpc) is 3.45. The largest absolute Gasteiger partial charge is 0.310 e. The topological polar surface area (TPSA) is 79.5 Å². The fourth-order valence-electron chi connectivity index (χ4n) is 7.34. The fraction of sp³-hybridized carbons (Fsp3) is 0.0714. The Bertz CT molecular complexity index is 2410. The third-order valence-electron chi connectivity index (χ3n) is 9.43. The highest BCUT2D eigenvalue weighted by atomic mass is 15.2. The van der Waals surface area contributed by atoms with Gasteiger partial charge in [-0.3, -0.25) is 0 Å². The van der Waals surface area contributed by atoms with Crippen molar-refractivity contribution in [3.8, 4) is 35.0 Å². The summed E-state index contributed by atoms with van der Waals surface area (Å²) in [6, 6.07) is 49.8. The van der Waals surface area contributed by atoms with Gasteiger partial charge in [-0.1, -0.05) is 86.6 Å². The zero-order valence-electron chi connectivity index (χ0n) is 25.9. The van der Waals surface area contributed by atoms with Crippen LogP contribution >= 0.6 is 0 Å². The molecule has 7 aromatic rings. The van der Waals surface area contributed by atoms with Crippen LogP contribution in [0.4, 0.5) is 17.1 Å². The summed E-state index contributed by atoms with van der Waals surface area (Å²) in [5.74, 6) is 0. The van der Waals surface area contributed by atoms with Gasteiger partial charge in [0, 0.05) is 33.1 Å².